The molecule has 1 amide bonds. The predicted molar refractivity (Wildman–Crippen MR) is 160 cm³/mol. The Hall–Kier alpha value is -3.64. The minimum Gasteiger partial charge on any atom is -0.352 e. The monoisotopic (exact) mass is 523 g/mol. The van der Waals surface area contributed by atoms with Gasteiger partial charge in [0.1, 0.15) is 0 Å². The van der Waals surface area contributed by atoms with E-state index in [2.05, 4.69) is 63.5 Å². The van der Waals surface area contributed by atoms with Gasteiger partial charge in [-0.05, 0) is 69.1 Å². The van der Waals surface area contributed by atoms with Crippen molar-refractivity contribution in [1.82, 2.24) is 15.1 Å². The number of guanidine groups is 1. The fraction of sp³-hybridized carbons (Fsp3) is 0.394. The van der Waals surface area contributed by atoms with Gasteiger partial charge in [-0.1, -0.05) is 73.2 Å². The fourth-order valence-corrected chi connectivity index (χ4v) is 5.68. The second kappa shape index (κ2) is 13.4. The van der Waals surface area contributed by atoms with E-state index < -0.39 is 0 Å². The number of hydrogen-bond acceptors (Lipinski definition) is 5. The van der Waals surface area contributed by atoms with E-state index in [0.29, 0.717) is 13.0 Å². The lowest BCUT2D eigenvalue weighted by Gasteiger charge is -2.41. The Bertz CT molecular complexity index is 1220. The Morgan fingerprint density at radius 1 is 0.897 bits per heavy atom. The van der Waals surface area contributed by atoms with Crippen molar-refractivity contribution in [3.8, 4) is 0 Å². The minimum atomic E-state index is -0.149. The van der Waals surface area contributed by atoms with E-state index in [1.165, 1.54) is 45.3 Å². The van der Waals surface area contributed by atoms with Crippen LogP contribution < -0.4 is 10.2 Å². The largest absolute Gasteiger partial charge is 0.352 e. The van der Waals surface area contributed by atoms with Crippen LogP contribution >= 0.6 is 0 Å². The third kappa shape index (κ3) is 7.07. The lowest BCUT2D eigenvalue weighted by atomic mass is 9.97. The summed E-state index contributed by atoms with van der Waals surface area (Å²) in [5, 5.41) is 3.14. The van der Waals surface area contributed by atoms with E-state index in [1.54, 1.807) is 0 Å². The van der Waals surface area contributed by atoms with Crippen LogP contribution in [0.1, 0.15) is 55.7 Å². The number of carbonyl (C=O) groups is 1. The Labute approximate surface area is 233 Å². The molecule has 39 heavy (non-hydrogen) atoms. The lowest BCUT2D eigenvalue weighted by molar-refractivity contribution is -0.121. The summed E-state index contributed by atoms with van der Waals surface area (Å²) in [5.41, 5.74) is 4.18. The zero-order chi connectivity index (χ0) is 26.9. The maximum atomic E-state index is 13.3. The Morgan fingerprint density at radius 3 is 2.36 bits per heavy atom. The molecule has 1 N–H and O–H groups in total. The first-order valence-electron chi connectivity index (χ1n) is 14.4. The van der Waals surface area contributed by atoms with Crippen molar-refractivity contribution in [1.29, 1.82) is 0 Å². The van der Waals surface area contributed by atoms with E-state index in [9.17, 15) is 4.79 Å². The highest BCUT2D eigenvalue weighted by atomic mass is 16.1. The van der Waals surface area contributed by atoms with E-state index in [0.717, 1.165) is 41.4 Å². The first-order valence-corrected chi connectivity index (χ1v) is 14.4. The van der Waals surface area contributed by atoms with Crippen LogP contribution in [0.15, 0.2) is 89.9 Å². The zero-order valence-electron chi connectivity index (χ0n) is 23.1. The molecule has 3 aromatic carbocycles. The molecule has 0 aromatic heterocycles. The molecule has 0 radical (unpaired) electrons. The molecule has 2 aliphatic rings. The number of amides is 1. The van der Waals surface area contributed by atoms with E-state index in [1.807, 2.05) is 48.5 Å². The molecule has 0 bridgehead atoms. The molecule has 2 aliphatic heterocycles. The minimum absolute atomic E-state index is 0.0328. The number of hydrogen-bond donors (Lipinski definition) is 1. The van der Waals surface area contributed by atoms with Crippen molar-refractivity contribution in [2.45, 2.75) is 51.1 Å². The van der Waals surface area contributed by atoms with Gasteiger partial charge < -0.3 is 20.0 Å². The van der Waals surface area contributed by atoms with Crippen molar-refractivity contribution in [2.24, 2.45) is 4.99 Å². The van der Waals surface area contributed by atoms with Crippen LogP contribution in [0, 0.1) is 0 Å². The standard InChI is InChI=1S/C33H41N5O/c1-36(21-11-4-12-22-37-23-13-14-24-37)33-35-30-20-10-9-19-29(30)31(38(33)28-17-7-3-8-18-28)25-32(39)34-26-27-15-5-2-6-16-27/h2-3,5-10,15-20,31H,4,11-14,21-26H2,1H3,(H,34,39). The number of rotatable bonds is 11. The molecule has 1 fully saturated rings. The number of anilines is 1. The third-order valence-corrected chi connectivity index (χ3v) is 7.80. The summed E-state index contributed by atoms with van der Waals surface area (Å²) in [6.07, 6.45) is 6.63. The number of nitrogens with one attached hydrogen (secondary N) is 1. The summed E-state index contributed by atoms with van der Waals surface area (Å²) in [7, 11) is 2.13. The summed E-state index contributed by atoms with van der Waals surface area (Å²) in [4.78, 5) is 25.6. The van der Waals surface area contributed by atoms with Crippen LogP contribution in [0.3, 0.4) is 0 Å². The average molecular weight is 524 g/mol. The van der Waals surface area contributed by atoms with Gasteiger partial charge in [0.25, 0.3) is 0 Å². The van der Waals surface area contributed by atoms with Gasteiger partial charge in [-0.15, -0.1) is 0 Å². The maximum Gasteiger partial charge on any atom is 0.222 e. The van der Waals surface area contributed by atoms with Gasteiger partial charge >= 0.3 is 0 Å². The molecule has 1 saturated heterocycles. The van der Waals surface area contributed by atoms with Crippen LogP contribution in [0.5, 0.6) is 0 Å². The number of likely N-dealkylation sites (tertiary alicyclic amines) is 1. The topological polar surface area (TPSA) is 51.2 Å². The van der Waals surface area contributed by atoms with Crippen LogP contribution in [-0.2, 0) is 11.3 Å². The van der Waals surface area contributed by atoms with Gasteiger partial charge in [-0.3, -0.25) is 4.79 Å². The van der Waals surface area contributed by atoms with Crippen molar-refractivity contribution in [3.63, 3.8) is 0 Å². The van der Waals surface area contributed by atoms with Gasteiger partial charge in [-0.25, -0.2) is 4.99 Å². The number of nitrogens with zero attached hydrogens (tertiary/aromatic N) is 4. The highest BCUT2D eigenvalue weighted by Gasteiger charge is 2.34. The number of fused-ring (bicyclic) bond motifs is 1. The summed E-state index contributed by atoms with van der Waals surface area (Å²) in [6, 6.07) is 28.5. The number of aliphatic imine (C=N–C) groups is 1. The molecule has 204 valence electrons. The fourth-order valence-electron chi connectivity index (χ4n) is 5.68. The van der Waals surface area contributed by atoms with Crippen LogP contribution in [-0.4, -0.2) is 54.9 Å². The lowest BCUT2D eigenvalue weighted by Crippen LogP contribution is -2.47. The highest BCUT2D eigenvalue weighted by molar-refractivity contribution is 6.01. The number of para-hydroxylation sites is 2. The molecular weight excluding hydrogens is 482 g/mol. The smallest absolute Gasteiger partial charge is 0.222 e. The van der Waals surface area contributed by atoms with Gasteiger partial charge in [0, 0.05) is 31.4 Å². The number of benzene rings is 3. The second-order valence-electron chi connectivity index (χ2n) is 10.7. The molecule has 1 atom stereocenters. The predicted octanol–water partition coefficient (Wildman–Crippen LogP) is 6.14. The van der Waals surface area contributed by atoms with Crippen molar-refractivity contribution in [3.05, 3.63) is 96.1 Å². The van der Waals surface area contributed by atoms with Crippen LogP contribution in [0.4, 0.5) is 11.4 Å². The Kier molecular flexibility index (Phi) is 9.28. The quantitative estimate of drug-likeness (QED) is 0.307. The van der Waals surface area contributed by atoms with Crippen LogP contribution in [0.2, 0.25) is 0 Å². The van der Waals surface area contributed by atoms with Gasteiger partial charge in [0.15, 0.2) is 0 Å². The number of unbranched alkanes of at least 4 members (excludes halogenated alkanes) is 2. The summed E-state index contributed by atoms with van der Waals surface area (Å²) < 4.78 is 0. The molecule has 5 rings (SSSR count). The van der Waals surface area contributed by atoms with Gasteiger partial charge in [-0.2, -0.15) is 0 Å². The molecule has 1 unspecified atom stereocenters. The van der Waals surface area contributed by atoms with Crippen molar-refractivity contribution in [2.75, 3.05) is 38.1 Å². The summed E-state index contributed by atoms with van der Waals surface area (Å²) in [5.74, 6) is 0.936. The second-order valence-corrected chi connectivity index (χ2v) is 10.7. The molecule has 3 aromatic rings. The summed E-state index contributed by atoms with van der Waals surface area (Å²) >= 11 is 0. The molecular formula is C33H41N5O. The highest BCUT2D eigenvalue weighted by Crippen LogP contribution is 2.40. The molecule has 0 spiro atoms. The van der Waals surface area contributed by atoms with Crippen LogP contribution in [0.25, 0.3) is 0 Å². The SMILES string of the molecule is CN(CCCCCN1CCCC1)C1=Nc2ccccc2C(CC(=O)NCc2ccccc2)N1c1ccccc1. The van der Waals surface area contributed by atoms with Gasteiger partial charge in [0.05, 0.1) is 18.2 Å². The van der Waals surface area contributed by atoms with Gasteiger partial charge in [0.2, 0.25) is 11.9 Å². The first kappa shape index (κ1) is 26.9. The van der Waals surface area contributed by atoms with Crippen molar-refractivity contribution < 1.29 is 4.79 Å². The van der Waals surface area contributed by atoms with E-state index in [-0.39, 0.29) is 11.9 Å². The number of carbonyl (C=O) groups excluding carboxylic acids is 1. The molecule has 2 heterocycles. The first-order chi connectivity index (χ1) is 19.2. The Balaban J connectivity index is 1.32. The molecule has 6 nitrogen and oxygen atoms in total. The molecule has 0 saturated carbocycles. The van der Waals surface area contributed by atoms with Crippen molar-refractivity contribution >= 4 is 23.2 Å². The molecule has 0 aliphatic carbocycles. The zero-order valence-corrected chi connectivity index (χ0v) is 23.1. The van der Waals surface area contributed by atoms with E-state index >= 15 is 0 Å². The normalized spacial score (nSPS) is 17.0. The maximum absolute atomic E-state index is 13.3. The summed E-state index contributed by atoms with van der Waals surface area (Å²) in [6.45, 7) is 5.20. The van der Waals surface area contributed by atoms with E-state index in [4.69, 9.17) is 4.99 Å². The Morgan fingerprint density at radius 2 is 1.59 bits per heavy atom. The third-order valence-electron chi connectivity index (χ3n) is 7.80. The molecule has 6 heteroatoms. The average Bonchev–Trinajstić information content (AvgIpc) is 3.50.